The molecule has 1 aliphatic heterocycles. The van der Waals surface area contributed by atoms with Gasteiger partial charge in [0.25, 0.3) is 0 Å². The van der Waals surface area contributed by atoms with Gasteiger partial charge in [-0.25, -0.2) is 8.42 Å². The zero-order valence-electron chi connectivity index (χ0n) is 11.9. The van der Waals surface area contributed by atoms with Gasteiger partial charge in [0.15, 0.2) is 0 Å². The van der Waals surface area contributed by atoms with Crippen LogP contribution in [0.5, 0.6) is 0 Å². The van der Waals surface area contributed by atoms with Crippen molar-refractivity contribution in [3.63, 3.8) is 0 Å². The van der Waals surface area contributed by atoms with Crippen LogP contribution in [-0.2, 0) is 23.6 Å². The van der Waals surface area contributed by atoms with Crippen molar-refractivity contribution in [3.05, 3.63) is 18.0 Å². The Morgan fingerprint density at radius 3 is 2.84 bits per heavy atom. The lowest BCUT2D eigenvalue weighted by molar-refractivity contribution is 0.379. The average molecular weight is 285 g/mol. The molecular weight excluding hydrogens is 262 g/mol. The van der Waals surface area contributed by atoms with Gasteiger partial charge in [-0.2, -0.15) is 4.31 Å². The van der Waals surface area contributed by atoms with E-state index >= 15 is 0 Å². The van der Waals surface area contributed by atoms with Crippen LogP contribution in [0, 0.1) is 0 Å². The van der Waals surface area contributed by atoms with Crippen LogP contribution in [0.3, 0.4) is 0 Å². The van der Waals surface area contributed by atoms with Crippen LogP contribution in [0.25, 0.3) is 0 Å². The fraction of sp³-hybridized carbons (Fsp3) is 0.692. The van der Waals surface area contributed by atoms with E-state index in [-0.39, 0.29) is 6.04 Å². The molecule has 0 saturated carbocycles. The summed E-state index contributed by atoms with van der Waals surface area (Å²) >= 11 is 0. The Hall–Kier alpha value is -0.850. The highest BCUT2D eigenvalue weighted by atomic mass is 32.2. The second-order valence-electron chi connectivity index (χ2n) is 5.13. The summed E-state index contributed by atoms with van der Waals surface area (Å²) in [5.41, 5.74) is 0.980. The first-order chi connectivity index (χ1) is 9.00. The number of sulfonamides is 1. The molecule has 0 aliphatic carbocycles. The van der Waals surface area contributed by atoms with Crippen molar-refractivity contribution in [1.29, 1.82) is 0 Å². The third-order valence-electron chi connectivity index (χ3n) is 3.84. The molecule has 1 aromatic rings. The van der Waals surface area contributed by atoms with Gasteiger partial charge in [-0.3, -0.25) is 0 Å². The molecule has 1 fully saturated rings. The van der Waals surface area contributed by atoms with E-state index < -0.39 is 10.0 Å². The first-order valence-corrected chi connectivity index (χ1v) is 8.26. The summed E-state index contributed by atoms with van der Waals surface area (Å²) in [5, 5.41) is 3.05. The SMILES string of the molecule is CCC1CCCN1S(=O)(=O)c1cc(CNC)n(C)c1. The van der Waals surface area contributed by atoms with E-state index in [9.17, 15) is 8.42 Å². The Labute approximate surface area is 115 Å². The number of aryl methyl sites for hydroxylation is 1. The first-order valence-electron chi connectivity index (χ1n) is 6.82. The fourth-order valence-corrected chi connectivity index (χ4v) is 4.61. The van der Waals surface area contributed by atoms with Crippen LogP contribution in [-0.4, -0.2) is 36.9 Å². The molecule has 0 bridgehead atoms. The summed E-state index contributed by atoms with van der Waals surface area (Å²) in [6, 6.07) is 1.94. The standard InChI is InChI=1S/C13H23N3O2S/c1-4-11-6-5-7-16(11)19(17,18)13-8-12(9-14-2)15(3)10-13/h8,10-11,14H,4-7,9H2,1-3H3. The third kappa shape index (κ3) is 2.70. The number of hydrogen-bond acceptors (Lipinski definition) is 3. The summed E-state index contributed by atoms with van der Waals surface area (Å²) in [5.74, 6) is 0. The van der Waals surface area contributed by atoms with Gasteiger partial charge >= 0.3 is 0 Å². The van der Waals surface area contributed by atoms with E-state index in [0.29, 0.717) is 18.0 Å². The Kier molecular flexibility index (Phi) is 4.32. The molecule has 1 N–H and O–H groups in total. The van der Waals surface area contributed by atoms with Crippen molar-refractivity contribution in [2.45, 2.75) is 43.7 Å². The van der Waals surface area contributed by atoms with Crippen LogP contribution in [0.15, 0.2) is 17.2 Å². The molecule has 1 aromatic heterocycles. The summed E-state index contributed by atoms with van der Waals surface area (Å²) < 4.78 is 28.9. The second-order valence-corrected chi connectivity index (χ2v) is 7.02. The largest absolute Gasteiger partial charge is 0.352 e. The van der Waals surface area contributed by atoms with Gasteiger partial charge in [-0.1, -0.05) is 6.92 Å². The lowest BCUT2D eigenvalue weighted by Gasteiger charge is -2.22. The van der Waals surface area contributed by atoms with Crippen molar-refractivity contribution < 1.29 is 8.42 Å². The Bertz CT molecular complexity index is 536. The van der Waals surface area contributed by atoms with E-state index in [1.165, 1.54) is 0 Å². The van der Waals surface area contributed by atoms with E-state index in [1.54, 1.807) is 16.6 Å². The molecule has 19 heavy (non-hydrogen) atoms. The van der Waals surface area contributed by atoms with Crippen LogP contribution < -0.4 is 5.32 Å². The molecule has 1 saturated heterocycles. The van der Waals surface area contributed by atoms with Crippen molar-refractivity contribution in [1.82, 2.24) is 14.2 Å². The normalized spacial score (nSPS) is 21.1. The molecule has 1 unspecified atom stereocenters. The van der Waals surface area contributed by atoms with E-state index in [1.807, 2.05) is 18.7 Å². The predicted molar refractivity (Wildman–Crippen MR) is 75.4 cm³/mol. The quantitative estimate of drug-likeness (QED) is 0.887. The number of aromatic nitrogens is 1. The molecule has 5 nitrogen and oxygen atoms in total. The zero-order valence-corrected chi connectivity index (χ0v) is 12.7. The van der Waals surface area contributed by atoms with Gasteiger partial charge in [-0.15, -0.1) is 0 Å². The summed E-state index contributed by atoms with van der Waals surface area (Å²) in [7, 11) is 0.403. The maximum Gasteiger partial charge on any atom is 0.244 e. The highest BCUT2D eigenvalue weighted by Gasteiger charge is 2.34. The van der Waals surface area contributed by atoms with Gasteiger partial charge in [0.2, 0.25) is 10.0 Å². The maximum atomic E-state index is 12.7. The average Bonchev–Trinajstić information content (AvgIpc) is 2.97. The minimum absolute atomic E-state index is 0.165. The molecule has 6 heteroatoms. The molecule has 108 valence electrons. The van der Waals surface area contributed by atoms with Crippen molar-refractivity contribution >= 4 is 10.0 Å². The van der Waals surface area contributed by atoms with Crippen LogP contribution in [0.2, 0.25) is 0 Å². The Morgan fingerprint density at radius 1 is 1.47 bits per heavy atom. The van der Waals surface area contributed by atoms with Gasteiger partial charge in [-0.05, 0) is 32.4 Å². The molecule has 1 atom stereocenters. The lowest BCUT2D eigenvalue weighted by atomic mass is 10.2. The Balaban J connectivity index is 2.31. The van der Waals surface area contributed by atoms with Crippen LogP contribution >= 0.6 is 0 Å². The maximum absolute atomic E-state index is 12.7. The van der Waals surface area contributed by atoms with Gasteiger partial charge in [0.1, 0.15) is 4.90 Å². The highest BCUT2D eigenvalue weighted by molar-refractivity contribution is 7.89. The molecule has 0 aromatic carbocycles. The van der Waals surface area contributed by atoms with E-state index in [4.69, 9.17) is 0 Å². The topological polar surface area (TPSA) is 54.3 Å². The lowest BCUT2D eigenvalue weighted by Crippen LogP contribution is -2.34. The summed E-state index contributed by atoms with van der Waals surface area (Å²) in [6.07, 6.45) is 4.54. The van der Waals surface area contributed by atoms with Gasteiger partial charge < -0.3 is 9.88 Å². The van der Waals surface area contributed by atoms with E-state index in [0.717, 1.165) is 25.0 Å². The zero-order chi connectivity index (χ0) is 14.0. The minimum Gasteiger partial charge on any atom is -0.352 e. The molecule has 0 spiro atoms. The highest BCUT2D eigenvalue weighted by Crippen LogP contribution is 2.28. The monoisotopic (exact) mass is 285 g/mol. The molecule has 2 rings (SSSR count). The second kappa shape index (κ2) is 5.64. The fourth-order valence-electron chi connectivity index (χ4n) is 2.74. The van der Waals surface area contributed by atoms with Crippen molar-refractivity contribution in [2.75, 3.05) is 13.6 Å². The summed E-state index contributed by atoms with van der Waals surface area (Å²) in [4.78, 5) is 0.417. The van der Waals surface area contributed by atoms with E-state index in [2.05, 4.69) is 12.2 Å². The number of rotatable bonds is 5. The number of nitrogens with one attached hydrogen (secondary N) is 1. The van der Waals surface area contributed by atoms with Gasteiger partial charge in [0.05, 0.1) is 0 Å². The van der Waals surface area contributed by atoms with Crippen molar-refractivity contribution in [2.24, 2.45) is 7.05 Å². The molecular formula is C13H23N3O2S. The molecule has 0 amide bonds. The number of nitrogens with zero attached hydrogens (tertiary/aromatic N) is 2. The first kappa shape index (κ1) is 14.6. The molecule has 0 radical (unpaired) electrons. The van der Waals surface area contributed by atoms with Crippen LogP contribution in [0.1, 0.15) is 31.9 Å². The third-order valence-corrected chi connectivity index (χ3v) is 5.76. The van der Waals surface area contributed by atoms with Gasteiger partial charge in [0, 0.05) is 38.1 Å². The smallest absolute Gasteiger partial charge is 0.244 e. The number of hydrogen-bond donors (Lipinski definition) is 1. The Morgan fingerprint density at radius 2 is 2.21 bits per heavy atom. The molecule has 1 aliphatic rings. The summed E-state index contributed by atoms with van der Waals surface area (Å²) in [6.45, 7) is 3.37. The minimum atomic E-state index is -3.34. The van der Waals surface area contributed by atoms with Crippen molar-refractivity contribution in [3.8, 4) is 0 Å². The van der Waals surface area contributed by atoms with Crippen LogP contribution in [0.4, 0.5) is 0 Å². The predicted octanol–water partition coefficient (Wildman–Crippen LogP) is 1.31. The molecule has 2 heterocycles.